The first-order chi connectivity index (χ1) is 36.0. The van der Waals surface area contributed by atoms with Gasteiger partial charge in [0.1, 0.15) is 29.9 Å². The number of carbonyl (C=O) groups is 2. The summed E-state index contributed by atoms with van der Waals surface area (Å²) >= 11 is 0. The number of ether oxygens (including phenoxy) is 2. The van der Waals surface area contributed by atoms with E-state index in [-0.39, 0.29) is 10.8 Å². The fourth-order valence-corrected chi connectivity index (χ4v) is 7.01. The zero-order valence-corrected chi connectivity index (χ0v) is 44.3. The first-order valence-corrected chi connectivity index (χ1v) is 24.9. The Morgan fingerprint density at radius 3 is 1.52 bits per heavy atom. The molecule has 1 aliphatic heterocycles. The molecule has 394 valence electrons. The van der Waals surface area contributed by atoms with Crippen LogP contribution in [0.2, 0.25) is 0 Å². The lowest BCUT2D eigenvalue weighted by Crippen LogP contribution is -2.21. The topological polar surface area (TPSA) is 231 Å². The van der Waals surface area contributed by atoms with Crippen LogP contribution in [0.15, 0.2) is 149 Å². The third-order valence-corrected chi connectivity index (χ3v) is 11.3. The van der Waals surface area contributed by atoms with Crippen LogP contribution >= 0.6 is 0 Å². The molecule has 6 aromatic heterocycles. The number of pyridine rings is 2. The summed E-state index contributed by atoms with van der Waals surface area (Å²) in [5.41, 5.74) is 12.0. The lowest BCUT2D eigenvalue weighted by molar-refractivity contribution is 0.198. The molecule has 9 aromatic rings. The van der Waals surface area contributed by atoms with Crippen molar-refractivity contribution in [3.05, 3.63) is 152 Å². The van der Waals surface area contributed by atoms with Crippen LogP contribution in [-0.2, 0) is 15.6 Å². The van der Waals surface area contributed by atoms with Crippen LogP contribution in [-0.4, -0.2) is 89.3 Å². The highest BCUT2D eigenvalue weighted by Gasteiger charge is 2.22. The summed E-state index contributed by atoms with van der Waals surface area (Å²) in [5, 5.41) is 15.6. The minimum Gasteiger partial charge on any atom is -0.410 e. The number of amides is 3. The summed E-state index contributed by atoms with van der Waals surface area (Å²) in [6.07, 6.45) is 8.90. The maximum absolute atomic E-state index is 12.2. The number of nitrogens with two attached hydrogens (primary N) is 1. The summed E-state index contributed by atoms with van der Waals surface area (Å²) in [5.74, 6) is 2.58. The predicted octanol–water partition coefficient (Wildman–Crippen LogP) is 12.1. The Balaban J connectivity index is 0.000000169. The predicted molar refractivity (Wildman–Crippen MR) is 295 cm³/mol. The number of anilines is 4. The Bertz CT molecular complexity index is 3110. The Hall–Kier alpha value is -8.42. The molecule has 0 bridgehead atoms. The maximum atomic E-state index is 12.2. The molecule has 1 aliphatic rings. The quantitative estimate of drug-likeness (QED) is 0.0986. The van der Waals surface area contributed by atoms with E-state index in [0.29, 0.717) is 40.2 Å². The van der Waals surface area contributed by atoms with Crippen molar-refractivity contribution < 1.29 is 28.1 Å². The summed E-state index contributed by atoms with van der Waals surface area (Å²) in [4.78, 5) is 43.1. The zero-order valence-electron chi connectivity index (χ0n) is 44.3. The number of urea groups is 1. The van der Waals surface area contributed by atoms with Crippen LogP contribution in [0, 0.1) is 0 Å². The van der Waals surface area contributed by atoms with Crippen LogP contribution in [0.3, 0.4) is 0 Å². The van der Waals surface area contributed by atoms with E-state index in [1.54, 1.807) is 61.4 Å². The van der Waals surface area contributed by atoms with Crippen LogP contribution in [0.1, 0.15) is 86.7 Å². The third-order valence-electron chi connectivity index (χ3n) is 11.3. The monoisotopic (exact) mass is 1020 g/mol. The third kappa shape index (κ3) is 17.1. The maximum Gasteiger partial charge on any atom is 0.418 e. The van der Waals surface area contributed by atoms with Crippen LogP contribution in [0.5, 0.6) is 5.75 Å². The first kappa shape index (κ1) is 55.9. The molecule has 1 saturated heterocycles. The fraction of sp³-hybridized carbons (Fsp3) is 0.321. The number of nitrogen functional groups attached to an aromatic ring is 1. The minimum absolute atomic E-state index is 0.156. The van der Waals surface area contributed by atoms with Crippen molar-refractivity contribution in [1.82, 2.24) is 44.3 Å². The molecule has 3 aromatic carbocycles. The second-order valence-electron chi connectivity index (χ2n) is 19.1. The first-order valence-electron chi connectivity index (χ1n) is 24.9. The molecule has 0 atom stereocenters. The van der Waals surface area contributed by atoms with Gasteiger partial charge in [-0.2, -0.15) is 0 Å². The molecule has 0 radical (unpaired) electrons. The van der Waals surface area contributed by atoms with Gasteiger partial charge in [-0.15, -0.1) is 0 Å². The number of para-hydroxylation sites is 1. The van der Waals surface area contributed by atoms with Gasteiger partial charge in [0.25, 0.3) is 0 Å². The van der Waals surface area contributed by atoms with Gasteiger partial charge >= 0.3 is 12.1 Å². The smallest absolute Gasteiger partial charge is 0.410 e. The molecule has 0 aliphatic carbocycles. The standard InChI is InChI=1S/C20H20N6O2.C14H16N2O3.C12H10N4.C6H15N.C4H8O/c1-20(2,3)16-11-17(25-28-16)24-19(27)23-13-6-8-14(9-7-13)26-12-22-18-15(26)5-4-10-21-18;1-14(2,3)11-9-12(16-19-11)15-13(17)18-10-7-5-4-6-8-10;13-9-3-5-10(6-4-9)16-8-15-12-11(16)2-1-7-14-12;1-4-7(5-2)6-3;1-2-4-5-3-1/h4-12H,1-3H3,(H2,23,24,25,27);4-9H,1-3H3,(H,15,16,17);1-8H,13H2;4-6H2,1-3H3;1-4H2. The molecule has 19 nitrogen and oxygen atoms in total. The number of rotatable bonds is 9. The molecule has 0 saturated carbocycles. The van der Waals surface area contributed by atoms with E-state index < -0.39 is 12.1 Å². The molecule has 7 heterocycles. The van der Waals surface area contributed by atoms with Crippen molar-refractivity contribution >= 4 is 57.5 Å². The average Bonchev–Trinajstić information content (AvgIpc) is 4.27. The highest BCUT2D eigenvalue weighted by molar-refractivity contribution is 5.99. The van der Waals surface area contributed by atoms with Gasteiger partial charge in [-0.3, -0.25) is 19.8 Å². The molecular weight excluding hydrogens is 951 g/mol. The molecule has 0 spiro atoms. The summed E-state index contributed by atoms with van der Waals surface area (Å²) < 4.78 is 24.4. The van der Waals surface area contributed by atoms with Gasteiger partial charge in [-0.05, 0) is 117 Å². The van der Waals surface area contributed by atoms with E-state index >= 15 is 0 Å². The molecule has 10 rings (SSSR count). The number of benzene rings is 3. The lowest BCUT2D eigenvalue weighted by Gasteiger charge is -2.13. The van der Waals surface area contributed by atoms with E-state index in [0.717, 1.165) is 47.0 Å². The number of aromatic nitrogens is 8. The largest absolute Gasteiger partial charge is 0.418 e. The van der Waals surface area contributed by atoms with Gasteiger partial charge in [0, 0.05) is 71.3 Å². The number of nitrogens with one attached hydrogen (secondary N) is 3. The van der Waals surface area contributed by atoms with Crippen molar-refractivity contribution in [3.8, 4) is 17.1 Å². The SMILES string of the molecule is C1CCOC1.CC(C)(C)c1cc(NC(=O)Nc2ccc(-n3cnc4ncccc43)cc2)no1.CC(C)(C)c1cc(NC(=O)Oc2ccccc2)no1.CCN(CC)CC.Nc1ccc(-n2cnc3ncccc32)cc1. The summed E-state index contributed by atoms with van der Waals surface area (Å²) in [7, 11) is 0. The zero-order chi connectivity index (χ0) is 53.8. The van der Waals surface area contributed by atoms with E-state index in [9.17, 15) is 9.59 Å². The molecular formula is C56H69N13O6. The average molecular weight is 1020 g/mol. The van der Waals surface area contributed by atoms with E-state index in [4.69, 9.17) is 24.3 Å². The van der Waals surface area contributed by atoms with Crippen molar-refractivity contribution in [3.63, 3.8) is 0 Å². The van der Waals surface area contributed by atoms with Crippen molar-refractivity contribution in [2.45, 2.75) is 86.0 Å². The van der Waals surface area contributed by atoms with Crippen LogP contribution < -0.4 is 26.4 Å². The minimum atomic E-state index is -0.597. The highest BCUT2D eigenvalue weighted by atomic mass is 16.6. The molecule has 0 unspecified atom stereocenters. The summed E-state index contributed by atoms with van der Waals surface area (Å²) in [6, 6.07) is 34.7. The van der Waals surface area contributed by atoms with Gasteiger partial charge in [0.05, 0.1) is 11.0 Å². The Morgan fingerprint density at radius 1 is 0.613 bits per heavy atom. The normalized spacial score (nSPS) is 12.0. The van der Waals surface area contributed by atoms with Crippen molar-refractivity contribution in [2.24, 2.45) is 0 Å². The van der Waals surface area contributed by atoms with Gasteiger partial charge in [-0.1, -0.05) is 90.8 Å². The molecule has 19 heteroatoms. The van der Waals surface area contributed by atoms with Gasteiger partial charge in [-0.25, -0.2) is 29.5 Å². The number of carbonyl (C=O) groups excluding carboxylic acids is 2. The van der Waals surface area contributed by atoms with Crippen LogP contribution in [0.25, 0.3) is 33.7 Å². The van der Waals surface area contributed by atoms with Crippen molar-refractivity contribution in [2.75, 3.05) is 54.5 Å². The number of hydrogen-bond acceptors (Lipinski definition) is 14. The highest BCUT2D eigenvalue weighted by Crippen LogP contribution is 2.26. The van der Waals surface area contributed by atoms with E-state index in [1.165, 1.54) is 32.5 Å². The Labute approximate surface area is 437 Å². The van der Waals surface area contributed by atoms with Gasteiger partial charge in [0.15, 0.2) is 22.9 Å². The number of hydrogen-bond donors (Lipinski definition) is 4. The van der Waals surface area contributed by atoms with E-state index in [1.807, 2.05) is 130 Å². The Morgan fingerprint density at radius 2 is 1.09 bits per heavy atom. The second kappa shape index (κ2) is 27.0. The van der Waals surface area contributed by atoms with E-state index in [2.05, 4.69) is 71.9 Å². The van der Waals surface area contributed by atoms with Gasteiger partial charge < -0.3 is 34.5 Å². The fourth-order valence-electron chi connectivity index (χ4n) is 7.01. The molecule has 3 amide bonds. The van der Waals surface area contributed by atoms with Crippen molar-refractivity contribution in [1.29, 1.82) is 0 Å². The lowest BCUT2D eigenvalue weighted by atomic mass is 9.93. The molecule has 5 N–H and O–H groups in total. The number of fused-ring (bicyclic) bond motifs is 2. The van der Waals surface area contributed by atoms with Gasteiger partial charge in [0.2, 0.25) is 0 Å². The van der Waals surface area contributed by atoms with Crippen LogP contribution in [0.4, 0.5) is 32.6 Å². The summed E-state index contributed by atoms with van der Waals surface area (Å²) in [6.45, 7) is 24.2. The Kier molecular flexibility index (Phi) is 20.1. The number of nitrogens with zero attached hydrogens (tertiary/aromatic N) is 9. The molecule has 75 heavy (non-hydrogen) atoms. The second-order valence-corrected chi connectivity index (χ2v) is 19.1. The number of imidazole rings is 2. The molecule has 1 fully saturated rings.